The summed E-state index contributed by atoms with van der Waals surface area (Å²) in [5, 5.41) is 3.59. The highest BCUT2D eigenvalue weighted by atomic mass is 28.3. The van der Waals surface area contributed by atoms with E-state index in [1.165, 1.54) is 5.56 Å². The smallest absolute Gasteiger partial charge is 0.326 e. The van der Waals surface area contributed by atoms with Crippen molar-refractivity contribution in [1.29, 1.82) is 0 Å². The molecule has 7 nitrogen and oxygen atoms in total. The maximum absolute atomic E-state index is 13.5. The molecule has 0 bridgehead atoms. The highest BCUT2D eigenvalue weighted by Crippen LogP contribution is 2.46. The fourth-order valence-electron chi connectivity index (χ4n) is 5.27. The highest BCUT2D eigenvalue weighted by molar-refractivity contribution is 6.76. The van der Waals surface area contributed by atoms with Gasteiger partial charge in [-0.25, -0.2) is 4.79 Å². The van der Waals surface area contributed by atoms with Gasteiger partial charge in [0.1, 0.15) is 18.9 Å². The van der Waals surface area contributed by atoms with Gasteiger partial charge in [-0.2, -0.15) is 0 Å². The van der Waals surface area contributed by atoms with E-state index in [0.29, 0.717) is 13.2 Å². The molecule has 1 N–H and O–H groups in total. The van der Waals surface area contributed by atoms with Gasteiger partial charge in [0.15, 0.2) is 0 Å². The molecule has 0 radical (unpaired) electrons. The van der Waals surface area contributed by atoms with Gasteiger partial charge < -0.3 is 19.7 Å². The predicted octanol–water partition coefficient (Wildman–Crippen LogP) is 4.81. The topological polar surface area (TPSA) is 71.1 Å². The van der Waals surface area contributed by atoms with E-state index in [1.54, 1.807) is 4.90 Å². The molecule has 1 saturated heterocycles. The SMILES string of the molecule is CNC1(c2ccccc2)CCC2(CC1)CN(CC(=O)OC(C)(C)C)C(=O)N2COCC[Si](C)(C)C. The third-order valence-electron chi connectivity index (χ3n) is 7.36. The Morgan fingerprint density at radius 2 is 1.71 bits per heavy atom. The minimum Gasteiger partial charge on any atom is -0.459 e. The first-order valence-corrected chi connectivity index (χ1v) is 16.6. The Bertz CT molecular complexity index is 871. The van der Waals surface area contributed by atoms with Crippen molar-refractivity contribution >= 4 is 20.1 Å². The standard InChI is InChI=1S/C27H45N3O4Si/c1-25(2,3)34-23(31)19-29-20-26(30(24(29)32)21-33-17-18-35(5,6)7)13-15-27(28-4,16-14-26)22-11-9-8-10-12-22/h8-12,28H,13-21H2,1-7H3. The zero-order chi connectivity index (χ0) is 25.9. The molecule has 1 aliphatic carbocycles. The average molecular weight is 504 g/mol. The number of carbonyl (C=O) groups excluding carboxylic acids is 2. The number of nitrogens with zero attached hydrogens (tertiary/aromatic N) is 2. The Morgan fingerprint density at radius 3 is 2.26 bits per heavy atom. The van der Waals surface area contributed by atoms with E-state index in [-0.39, 0.29) is 36.4 Å². The molecule has 1 aromatic carbocycles. The first kappa shape index (κ1) is 27.7. The lowest BCUT2D eigenvalue weighted by Crippen LogP contribution is -2.55. The lowest BCUT2D eigenvalue weighted by Gasteiger charge is -2.48. The van der Waals surface area contributed by atoms with Crippen LogP contribution in [0.4, 0.5) is 4.79 Å². The number of rotatable bonds is 9. The molecule has 0 atom stereocenters. The Hall–Kier alpha value is -1.90. The van der Waals surface area contributed by atoms with Gasteiger partial charge in [0, 0.05) is 26.8 Å². The summed E-state index contributed by atoms with van der Waals surface area (Å²) in [5.41, 5.74) is 0.251. The van der Waals surface area contributed by atoms with E-state index in [4.69, 9.17) is 9.47 Å². The van der Waals surface area contributed by atoms with E-state index in [1.807, 2.05) is 38.8 Å². The fourth-order valence-corrected chi connectivity index (χ4v) is 6.03. The van der Waals surface area contributed by atoms with Crippen molar-refractivity contribution in [3.8, 4) is 0 Å². The number of urea groups is 1. The molecule has 2 fully saturated rings. The maximum Gasteiger partial charge on any atom is 0.326 e. The molecular formula is C27H45N3O4Si. The second-order valence-electron chi connectivity index (χ2n) is 12.4. The lowest BCUT2D eigenvalue weighted by molar-refractivity contribution is -0.155. The average Bonchev–Trinajstić information content (AvgIpc) is 3.01. The molecule has 8 heteroatoms. The van der Waals surface area contributed by atoms with Gasteiger partial charge in [-0.1, -0.05) is 50.0 Å². The van der Waals surface area contributed by atoms with Crippen LogP contribution in [0.2, 0.25) is 25.7 Å². The summed E-state index contributed by atoms with van der Waals surface area (Å²) in [4.78, 5) is 29.7. The molecule has 1 aromatic rings. The first-order chi connectivity index (χ1) is 16.3. The Labute approximate surface area is 212 Å². The van der Waals surface area contributed by atoms with Gasteiger partial charge >= 0.3 is 12.0 Å². The van der Waals surface area contributed by atoms with Crippen LogP contribution in [0.3, 0.4) is 0 Å². The molecule has 3 rings (SSSR count). The Morgan fingerprint density at radius 1 is 1.09 bits per heavy atom. The molecule has 1 heterocycles. The molecular weight excluding hydrogens is 458 g/mol. The lowest BCUT2D eigenvalue weighted by atomic mass is 9.69. The third kappa shape index (κ3) is 6.86. The van der Waals surface area contributed by atoms with E-state index in [2.05, 4.69) is 49.2 Å². The minimum absolute atomic E-state index is 0.0287. The molecule has 1 spiro atoms. The van der Waals surface area contributed by atoms with Crippen LogP contribution in [0, 0.1) is 0 Å². The summed E-state index contributed by atoms with van der Waals surface area (Å²) in [5.74, 6) is -0.368. The van der Waals surface area contributed by atoms with Gasteiger partial charge in [0.25, 0.3) is 0 Å². The second-order valence-corrected chi connectivity index (χ2v) is 18.0. The number of amides is 2. The summed E-state index contributed by atoms with van der Waals surface area (Å²) in [6, 6.07) is 11.5. The highest BCUT2D eigenvalue weighted by Gasteiger charge is 2.54. The fraction of sp³-hybridized carbons (Fsp3) is 0.704. The van der Waals surface area contributed by atoms with Crippen molar-refractivity contribution in [2.45, 2.75) is 88.8 Å². The van der Waals surface area contributed by atoms with Crippen LogP contribution in [0.15, 0.2) is 30.3 Å². The van der Waals surface area contributed by atoms with Crippen molar-refractivity contribution < 1.29 is 19.1 Å². The number of carbonyl (C=O) groups is 2. The van der Waals surface area contributed by atoms with E-state index < -0.39 is 13.7 Å². The number of benzene rings is 1. The first-order valence-electron chi connectivity index (χ1n) is 12.9. The molecule has 1 aliphatic heterocycles. The number of hydrogen-bond donors (Lipinski definition) is 1. The van der Waals surface area contributed by atoms with Gasteiger partial charge in [0.05, 0.1) is 5.54 Å². The normalized spacial score (nSPS) is 25.4. The number of nitrogens with one attached hydrogen (secondary N) is 1. The molecule has 196 valence electrons. The van der Waals surface area contributed by atoms with Gasteiger partial charge in [0.2, 0.25) is 0 Å². The number of esters is 1. The summed E-state index contributed by atoms with van der Waals surface area (Å²) >= 11 is 0. The third-order valence-corrected chi connectivity index (χ3v) is 9.06. The molecule has 2 aliphatic rings. The summed E-state index contributed by atoms with van der Waals surface area (Å²) < 4.78 is 11.6. The molecule has 35 heavy (non-hydrogen) atoms. The van der Waals surface area contributed by atoms with Crippen LogP contribution >= 0.6 is 0 Å². The monoisotopic (exact) mass is 503 g/mol. The second kappa shape index (κ2) is 10.6. The van der Waals surface area contributed by atoms with E-state index in [0.717, 1.165) is 31.7 Å². The van der Waals surface area contributed by atoms with Gasteiger partial charge in [-0.15, -0.1) is 0 Å². The van der Waals surface area contributed by atoms with Gasteiger partial charge in [-0.3, -0.25) is 9.69 Å². The van der Waals surface area contributed by atoms with Crippen LogP contribution in [0.25, 0.3) is 0 Å². The maximum atomic E-state index is 13.5. The summed E-state index contributed by atoms with van der Waals surface area (Å²) in [6.45, 7) is 13.9. The predicted molar refractivity (Wildman–Crippen MR) is 142 cm³/mol. The van der Waals surface area contributed by atoms with Crippen molar-refractivity contribution in [2.75, 3.05) is 33.5 Å². The molecule has 1 saturated carbocycles. The largest absolute Gasteiger partial charge is 0.459 e. The van der Waals surface area contributed by atoms with Crippen molar-refractivity contribution in [2.24, 2.45) is 0 Å². The van der Waals surface area contributed by atoms with E-state index in [9.17, 15) is 9.59 Å². The minimum atomic E-state index is -1.23. The van der Waals surface area contributed by atoms with Crippen molar-refractivity contribution in [3.05, 3.63) is 35.9 Å². The molecule has 2 amide bonds. The van der Waals surface area contributed by atoms with Crippen molar-refractivity contribution in [1.82, 2.24) is 15.1 Å². The quantitative estimate of drug-likeness (QED) is 0.298. The molecule has 0 unspecified atom stereocenters. The number of ether oxygens (including phenoxy) is 2. The Kier molecular flexibility index (Phi) is 8.39. The van der Waals surface area contributed by atoms with Crippen LogP contribution in [-0.4, -0.2) is 74.5 Å². The summed E-state index contributed by atoms with van der Waals surface area (Å²) in [7, 11) is 0.798. The Balaban J connectivity index is 1.77. The molecule has 0 aromatic heterocycles. The van der Waals surface area contributed by atoms with Crippen LogP contribution in [-0.2, 0) is 19.8 Å². The van der Waals surface area contributed by atoms with E-state index >= 15 is 0 Å². The zero-order valence-electron chi connectivity index (χ0n) is 22.8. The van der Waals surface area contributed by atoms with Crippen LogP contribution in [0.5, 0.6) is 0 Å². The number of hydrogen-bond acceptors (Lipinski definition) is 5. The summed E-state index contributed by atoms with van der Waals surface area (Å²) in [6.07, 6.45) is 3.51. The van der Waals surface area contributed by atoms with Crippen LogP contribution in [0.1, 0.15) is 52.0 Å². The van der Waals surface area contributed by atoms with Crippen LogP contribution < -0.4 is 5.32 Å². The zero-order valence-corrected chi connectivity index (χ0v) is 23.8. The van der Waals surface area contributed by atoms with Crippen molar-refractivity contribution in [3.63, 3.8) is 0 Å². The van der Waals surface area contributed by atoms with Gasteiger partial charge in [-0.05, 0) is 65.1 Å².